The van der Waals surface area contributed by atoms with Crippen LogP contribution < -0.4 is 5.32 Å². The summed E-state index contributed by atoms with van der Waals surface area (Å²) in [6, 6.07) is 4.51. The summed E-state index contributed by atoms with van der Waals surface area (Å²) >= 11 is 0. The summed E-state index contributed by atoms with van der Waals surface area (Å²) in [7, 11) is 3.26. The van der Waals surface area contributed by atoms with E-state index < -0.39 is 4.92 Å². The Labute approximate surface area is 116 Å². The van der Waals surface area contributed by atoms with Crippen LogP contribution in [0.5, 0.6) is 0 Å². The van der Waals surface area contributed by atoms with Gasteiger partial charge >= 0.3 is 0 Å². The molecule has 0 bridgehead atoms. The van der Waals surface area contributed by atoms with Crippen LogP contribution in [0.4, 0.5) is 11.4 Å². The maximum Gasteiger partial charge on any atom is 0.293 e. The summed E-state index contributed by atoms with van der Waals surface area (Å²) in [5.74, 6) is -0.242. The molecule has 1 amide bonds. The van der Waals surface area contributed by atoms with E-state index in [4.69, 9.17) is 4.74 Å². The van der Waals surface area contributed by atoms with E-state index in [1.807, 2.05) is 0 Å². The molecule has 2 rings (SSSR count). The van der Waals surface area contributed by atoms with Crippen molar-refractivity contribution < 1.29 is 14.5 Å². The third-order valence-electron chi connectivity index (χ3n) is 3.49. The molecule has 1 aromatic rings. The lowest BCUT2D eigenvalue weighted by Crippen LogP contribution is -2.37. The number of anilines is 1. The zero-order valence-electron chi connectivity index (χ0n) is 11.5. The Morgan fingerprint density at radius 1 is 1.55 bits per heavy atom. The molecule has 0 radical (unpaired) electrons. The van der Waals surface area contributed by atoms with Crippen LogP contribution in [0.15, 0.2) is 18.2 Å². The van der Waals surface area contributed by atoms with Crippen LogP contribution in [0, 0.1) is 10.1 Å². The molecular weight excluding hydrogens is 262 g/mol. The number of benzene rings is 1. The fourth-order valence-corrected chi connectivity index (χ4v) is 2.32. The van der Waals surface area contributed by atoms with Crippen molar-refractivity contribution in [2.24, 2.45) is 0 Å². The Balaban J connectivity index is 2.33. The number of amides is 1. The van der Waals surface area contributed by atoms with Gasteiger partial charge in [-0.2, -0.15) is 0 Å². The van der Waals surface area contributed by atoms with Crippen molar-refractivity contribution in [2.45, 2.75) is 12.5 Å². The zero-order chi connectivity index (χ0) is 14.7. The van der Waals surface area contributed by atoms with Gasteiger partial charge in [-0.3, -0.25) is 14.9 Å². The van der Waals surface area contributed by atoms with Crippen LogP contribution in [0.3, 0.4) is 0 Å². The van der Waals surface area contributed by atoms with Crippen LogP contribution in [0.1, 0.15) is 16.8 Å². The fraction of sp³-hybridized carbons (Fsp3) is 0.462. The third kappa shape index (κ3) is 2.57. The van der Waals surface area contributed by atoms with Crippen molar-refractivity contribution in [3.05, 3.63) is 33.9 Å². The van der Waals surface area contributed by atoms with Crippen LogP contribution in [-0.2, 0) is 4.74 Å². The number of para-hydroxylation sites is 1. The summed E-state index contributed by atoms with van der Waals surface area (Å²) in [5, 5.41) is 13.8. The summed E-state index contributed by atoms with van der Waals surface area (Å²) < 4.78 is 5.27. The number of carbonyl (C=O) groups excluding carboxylic acids is 1. The number of rotatable bonds is 4. The predicted molar refractivity (Wildman–Crippen MR) is 74.0 cm³/mol. The quantitative estimate of drug-likeness (QED) is 0.667. The molecule has 1 atom stereocenters. The molecule has 1 fully saturated rings. The standard InChI is InChI=1S/C13H17N3O4/c1-14-12-10(4-3-5-11(12)16(18)19)13(17)15(2)9-6-7-20-8-9/h3-5,9,14H,6-8H2,1-2H3. The second-order valence-corrected chi connectivity index (χ2v) is 4.64. The van der Waals surface area contributed by atoms with Crippen molar-refractivity contribution >= 4 is 17.3 Å². The van der Waals surface area contributed by atoms with E-state index in [0.29, 0.717) is 18.8 Å². The van der Waals surface area contributed by atoms with E-state index in [9.17, 15) is 14.9 Å². The molecular formula is C13H17N3O4. The van der Waals surface area contributed by atoms with Gasteiger partial charge in [0.05, 0.1) is 23.1 Å². The number of carbonyl (C=O) groups is 1. The van der Waals surface area contributed by atoms with Crippen LogP contribution in [0.2, 0.25) is 0 Å². The molecule has 1 saturated heterocycles. The third-order valence-corrected chi connectivity index (χ3v) is 3.49. The number of ether oxygens (including phenoxy) is 1. The Morgan fingerprint density at radius 3 is 2.85 bits per heavy atom. The molecule has 0 aliphatic carbocycles. The number of likely N-dealkylation sites (N-methyl/N-ethyl adjacent to an activating group) is 1. The van der Waals surface area contributed by atoms with Crippen molar-refractivity contribution in [1.82, 2.24) is 4.90 Å². The number of hydrogen-bond acceptors (Lipinski definition) is 5. The zero-order valence-corrected chi connectivity index (χ0v) is 11.5. The molecule has 0 saturated carbocycles. The lowest BCUT2D eigenvalue weighted by Gasteiger charge is -2.24. The number of nitrogens with zero attached hydrogens (tertiary/aromatic N) is 2. The molecule has 1 aromatic carbocycles. The first-order chi connectivity index (χ1) is 9.56. The summed E-state index contributed by atoms with van der Waals surface area (Å²) in [5.41, 5.74) is 0.443. The van der Waals surface area contributed by atoms with Crippen molar-refractivity contribution in [1.29, 1.82) is 0 Å². The molecule has 1 N–H and O–H groups in total. The molecule has 0 aromatic heterocycles. The van der Waals surface area contributed by atoms with Gasteiger partial charge in [0.1, 0.15) is 5.69 Å². The van der Waals surface area contributed by atoms with Crippen LogP contribution >= 0.6 is 0 Å². The fourth-order valence-electron chi connectivity index (χ4n) is 2.32. The SMILES string of the molecule is CNc1c(C(=O)N(C)C2CCOC2)cccc1[N+](=O)[O-]. The van der Waals surface area contributed by atoms with E-state index in [2.05, 4.69) is 5.32 Å². The van der Waals surface area contributed by atoms with Crippen molar-refractivity contribution in [3.8, 4) is 0 Å². The first kappa shape index (κ1) is 14.3. The smallest absolute Gasteiger partial charge is 0.293 e. The van der Waals surface area contributed by atoms with E-state index in [-0.39, 0.29) is 23.3 Å². The maximum atomic E-state index is 12.5. The molecule has 1 heterocycles. The average molecular weight is 279 g/mol. The van der Waals surface area contributed by atoms with Crippen molar-refractivity contribution in [3.63, 3.8) is 0 Å². The van der Waals surface area contributed by atoms with Gasteiger partial charge in [-0.15, -0.1) is 0 Å². The molecule has 108 valence electrons. The number of nitrogens with one attached hydrogen (secondary N) is 1. The van der Waals surface area contributed by atoms with Gasteiger partial charge in [0.25, 0.3) is 11.6 Å². The maximum absolute atomic E-state index is 12.5. The Hall–Kier alpha value is -2.15. The molecule has 1 aliphatic heterocycles. The summed E-state index contributed by atoms with van der Waals surface area (Å²) in [4.78, 5) is 24.6. The van der Waals surface area contributed by atoms with Crippen LogP contribution in [0.25, 0.3) is 0 Å². The highest BCUT2D eigenvalue weighted by molar-refractivity contribution is 6.01. The van der Waals surface area contributed by atoms with Gasteiger partial charge < -0.3 is 15.0 Å². The lowest BCUT2D eigenvalue weighted by atomic mass is 10.1. The molecule has 1 aliphatic rings. The first-order valence-electron chi connectivity index (χ1n) is 6.36. The van der Waals surface area contributed by atoms with E-state index in [1.165, 1.54) is 12.1 Å². The topological polar surface area (TPSA) is 84.7 Å². The molecule has 7 nitrogen and oxygen atoms in total. The summed E-state index contributed by atoms with van der Waals surface area (Å²) in [6.45, 7) is 1.14. The monoisotopic (exact) mass is 279 g/mol. The van der Waals surface area contributed by atoms with Gasteiger partial charge in [-0.25, -0.2) is 0 Å². The normalized spacial score (nSPS) is 17.8. The number of hydrogen-bond donors (Lipinski definition) is 1. The highest BCUT2D eigenvalue weighted by Gasteiger charge is 2.28. The highest BCUT2D eigenvalue weighted by Crippen LogP contribution is 2.29. The number of nitro benzene ring substituents is 1. The average Bonchev–Trinajstić information content (AvgIpc) is 2.98. The van der Waals surface area contributed by atoms with Gasteiger partial charge in [-0.05, 0) is 12.5 Å². The summed E-state index contributed by atoms with van der Waals surface area (Å²) in [6.07, 6.45) is 0.784. The van der Waals surface area contributed by atoms with Gasteiger partial charge in [0, 0.05) is 26.8 Å². The van der Waals surface area contributed by atoms with E-state index in [0.717, 1.165) is 6.42 Å². The molecule has 0 spiro atoms. The Morgan fingerprint density at radius 2 is 2.30 bits per heavy atom. The molecule has 20 heavy (non-hydrogen) atoms. The Kier molecular flexibility index (Phi) is 4.19. The lowest BCUT2D eigenvalue weighted by molar-refractivity contribution is -0.384. The van der Waals surface area contributed by atoms with E-state index >= 15 is 0 Å². The highest BCUT2D eigenvalue weighted by atomic mass is 16.6. The first-order valence-corrected chi connectivity index (χ1v) is 6.36. The second-order valence-electron chi connectivity index (χ2n) is 4.64. The van der Waals surface area contributed by atoms with Gasteiger partial charge in [0.2, 0.25) is 0 Å². The van der Waals surface area contributed by atoms with E-state index in [1.54, 1.807) is 25.1 Å². The van der Waals surface area contributed by atoms with Crippen molar-refractivity contribution in [2.75, 3.05) is 32.6 Å². The predicted octanol–water partition coefficient (Wildman–Crippen LogP) is 1.50. The minimum atomic E-state index is -0.499. The van der Waals surface area contributed by atoms with Gasteiger partial charge in [0.15, 0.2) is 0 Å². The minimum Gasteiger partial charge on any atom is -0.382 e. The Bertz CT molecular complexity index is 526. The largest absolute Gasteiger partial charge is 0.382 e. The van der Waals surface area contributed by atoms with Crippen LogP contribution in [-0.4, -0.2) is 49.1 Å². The van der Waals surface area contributed by atoms with Gasteiger partial charge in [-0.1, -0.05) is 6.07 Å². The minimum absolute atomic E-state index is 0.0199. The molecule has 1 unspecified atom stereocenters. The number of nitro groups is 1. The second kappa shape index (κ2) is 5.87. The molecule has 7 heteroatoms.